The molecule has 2 amide bonds. The van der Waals surface area contributed by atoms with Gasteiger partial charge in [0.2, 0.25) is 0 Å². The minimum absolute atomic E-state index is 0.00589. The number of nitrogens with one attached hydrogen (secondary N) is 2. The molecule has 1 aromatic carbocycles. The maximum Gasteiger partial charge on any atom is 0.315 e. The molecule has 0 radical (unpaired) electrons. The Labute approximate surface area is 138 Å². The van der Waals surface area contributed by atoms with Crippen molar-refractivity contribution in [2.75, 3.05) is 0 Å². The van der Waals surface area contributed by atoms with Crippen LogP contribution in [0.1, 0.15) is 44.4 Å². The Hall–Kier alpha value is -2.36. The van der Waals surface area contributed by atoms with Gasteiger partial charge in [0.1, 0.15) is 0 Å². The summed E-state index contributed by atoms with van der Waals surface area (Å²) in [6, 6.07) is 13.7. The van der Waals surface area contributed by atoms with Crippen molar-refractivity contribution in [1.29, 1.82) is 0 Å². The molecule has 1 atom stereocenters. The SMILES string of the molecule is CC(C)(C)CC(NC(=O)NCc1ccncc1)c1ccccc1. The van der Waals surface area contributed by atoms with Crippen LogP contribution in [0.15, 0.2) is 54.9 Å². The Bertz CT molecular complexity index is 606. The zero-order valence-corrected chi connectivity index (χ0v) is 14.0. The van der Waals surface area contributed by atoms with Gasteiger partial charge in [0.25, 0.3) is 0 Å². The summed E-state index contributed by atoms with van der Waals surface area (Å²) in [4.78, 5) is 16.2. The Morgan fingerprint density at radius 1 is 1.09 bits per heavy atom. The second-order valence-corrected chi connectivity index (χ2v) is 6.91. The summed E-state index contributed by atoms with van der Waals surface area (Å²) in [6.07, 6.45) is 4.32. The van der Waals surface area contributed by atoms with Crippen LogP contribution in [-0.4, -0.2) is 11.0 Å². The molecule has 0 saturated heterocycles. The van der Waals surface area contributed by atoms with Gasteiger partial charge in [-0.1, -0.05) is 51.1 Å². The van der Waals surface area contributed by atoms with Crippen molar-refractivity contribution in [2.24, 2.45) is 5.41 Å². The summed E-state index contributed by atoms with van der Waals surface area (Å²) < 4.78 is 0. The van der Waals surface area contributed by atoms with Crippen LogP contribution in [0.25, 0.3) is 0 Å². The van der Waals surface area contributed by atoms with Gasteiger partial charge >= 0.3 is 6.03 Å². The minimum atomic E-state index is -0.153. The fourth-order valence-corrected chi connectivity index (χ4v) is 2.44. The molecule has 2 N–H and O–H groups in total. The summed E-state index contributed by atoms with van der Waals surface area (Å²) in [5.41, 5.74) is 2.28. The molecule has 2 rings (SSSR count). The number of hydrogen-bond acceptors (Lipinski definition) is 2. The van der Waals surface area contributed by atoms with Crippen LogP contribution in [0.3, 0.4) is 0 Å². The van der Waals surface area contributed by atoms with Crippen molar-refractivity contribution >= 4 is 6.03 Å². The molecule has 0 fully saturated rings. The van der Waals surface area contributed by atoms with E-state index in [0.29, 0.717) is 6.54 Å². The second kappa shape index (κ2) is 7.77. The average molecular weight is 311 g/mol. The topological polar surface area (TPSA) is 54.0 Å². The number of aromatic nitrogens is 1. The van der Waals surface area contributed by atoms with Crippen molar-refractivity contribution < 1.29 is 4.79 Å². The molecule has 0 aliphatic heterocycles. The molecule has 4 nitrogen and oxygen atoms in total. The summed E-state index contributed by atoms with van der Waals surface area (Å²) in [5, 5.41) is 6.00. The number of rotatable bonds is 5. The van der Waals surface area contributed by atoms with E-state index in [9.17, 15) is 4.79 Å². The number of pyridine rings is 1. The van der Waals surface area contributed by atoms with Crippen LogP contribution in [0.2, 0.25) is 0 Å². The fraction of sp³-hybridized carbons (Fsp3) is 0.368. The molecule has 23 heavy (non-hydrogen) atoms. The van der Waals surface area contributed by atoms with Crippen molar-refractivity contribution in [3.8, 4) is 0 Å². The number of carbonyl (C=O) groups excluding carboxylic acids is 1. The highest BCUT2D eigenvalue weighted by atomic mass is 16.2. The van der Waals surface area contributed by atoms with Gasteiger partial charge < -0.3 is 10.6 Å². The van der Waals surface area contributed by atoms with Gasteiger partial charge in [0.05, 0.1) is 6.04 Å². The van der Waals surface area contributed by atoms with Gasteiger partial charge in [-0.2, -0.15) is 0 Å². The fourth-order valence-electron chi connectivity index (χ4n) is 2.44. The second-order valence-electron chi connectivity index (χ2n) is 6.91. The van der Waals surface area contributed by atoms with Crippen molar-refractivity contribution in [2.45, 2.75) is 39.8 Å². The average Bonchev–Trinajstić information content (AvgIpc) is 2.53. The molecule has 0 aliphatic rings. The molecule has 122 valence electrons. The maximum absolute atomic E-state index is 12.2. The van der Waals surface area contributed by atoms with Gasteiger partial charge in [-0.3, -0.25) is 4.98 Å². The molecule has 1 heterocycles. The first-order chi connectivity index (χ1) is 10.9. The smallest absolute Gasteiger partial charge is 0.315 e. The highest BCUT2D eigenvalue weighted by Crippen LogP contribution is 2.29. The van der Waals surface area contributed by atoms with Crippen LogP contribution in [0, 0.1) is 5.41 Å². The van der Waals surface area contributed by atoms with Gasteiger partial charge in [0.15, 0.2) is 0 Å². The van der Waals surface area contributed by atoms with Crippen LogP contribution >= 0.6 is 0 Å². The van der Waals surface area contributed by atoms with Crippen LogP contribution in [0.4, 0.5) is 4.79 Å². The van der Waals surface area contributed by atoms with Gasteiger partial charge in [-0.05, 0) is 35.1 Å². The highest BCUT2D eigenvalue weighted by Gasteiger charge is 2.21. The normalized spacial score (nSPS) is 12.5. The number of urea groups is 1. The van der Waals surface area contributed by atoms with Crippen molar-refractivity contribution in [3.05, 3.63) is 66.0 Å². The summed E-state index contributed by atoms with van der Waals surface area (Å²) in [5.74, 6) is 0. The number of nitrogens with zero attached hydrogens (tertiary/aromatic N) is 1. The molecule has 0 aliphatic carbocycles. The number of carbonyl (C=O) groups is 1. The lowest BCUT2D eigenvalue weighted by atomic mass is 9.85. The Morgan fingerprint density at radius 2 is 1.74 bits per heavy atom. The molecule has 1 aromatic heterocycles. The summed E-state index contributed by atoms with van der Waals surface area (Å²) in [6.45, 7) is 7.03. The maximum atomic E-state index is 12.2. The largest absolute Gasteiger partial charge is 0.334 e. The lowest BCUT2D eigenvalue weighted by Gasteiger charge is -2.27. The predicted molar refractivity (Wildman–Crippen MR) is 92.9 cm³/mol. The van der Waals surface area contributed by atoms with E-state index in [4.69, 9.17) is 0 Å². The number of hydrogen-bond donors (Lipinski definition) is 2. The lowest BCUT2D eigenvalue weighted by molar-refractivity contribution is 0.230. The zero-order valence-electron chi connectivity index (χ0n) is 14.0. The zero-order chi connectivity index (χ0) is 16.7. The summed E-state index contributed by atoms with van der Waals surface area (Å²) in [7, 11) is 0. The minimum Gasteiger partial charge on any atom is -0.334 e. The molecule has 1 unspecified atom stereocenters. The van der Waals surface area contributed by atoms with E-state index in [0.717, 1.165) is 17.5 Å². The molecule has 4 heteroatoms. The molecule has 2 aromatic rings. The Balaban J connectivity index is 1.98. The first kappa shape index (κ1) is 17.0. The monoisotopic (exact) mass is 311 g/mol. The highest BCUT2D eigenvalue weighted by molar-refractivity contribution is 5.74. The Morgan fingerprint density at radius 3 is 2.35 bits per heavy atom. The number of benzene rings is 1. The van der Waals surface area contributed by atoms with Crippen LogP contribution in [-0.2, 0) is 6.54 Å². The molecular formula is C19H25N3O. The van der Waals surface area contributed by atoms with Crippen molar-refractivity contribution in [3.63, 3.8) is 0 Å². The van der Waals surface area contributed by atoms with Crippen molar-refractivity contribution in [1.82, 2.24) is 15.6 Å². The predicted octanol–water partition coefficient (Wildman–Crippen LogP) is 4.06. The first-order valence-corrected chi connectivity index (χ1v) is 7.92. The van der Waals surface area contributed by atoms with E-state index >= 15 is 0 Å². The Kier molecular flexibility index (Phi) is 5.74. The van der Waals surface area contributed by atoms with E-state index in [-0.39, 0.29) is 17.5 Å². The molecular weight excluding hydrogens is 286 g/mol. The molecule has 0 saturated carbocycles. The van der Waals surface area contributed by atoms with E-state index in [1.54, 1.807) is 12.4 Å². The molecule has 0 bridgehead atoms. The van der Waals surface area contributed by atoms with Gasteiger partial charge in [0, 0.05) is 18.9 Å². The third-order valence-corrected chi connectivity index (χ3v) is 3.53. The standard InChI is InChI=1S/C19H25N3O/c1-19(2,3)13-17(16-7-5-4-6-8-16)22-18(23)21-14-15-9-11-20-12-10-15/h4-12,17H,13-14H2,1-3H3,(H2,21,22,23). The third kappa shape index (κ3) is 6.10. The number of amides is 2. The third-order valence-electron chi connectivity index (χ3n) is 3.53. The van der Waals surface area contributed by atoms with E-state index in [1.165, 1.54) is 0 Å². The van der Waals surface area contributed by atoms with E-state index in [2.05, 4.69) is 48.5 Å². The first-order valence-electron chi connectivity index (χ1n) is 7.92. The lowest BCUT2D eigenvalue weighted by Crippen LogP contribution is -2.38. The molecule has 0 spiro atoms. The van der Waals surface area contributed by atoms with Gasteiger partial charge in [-0.25, -0.2) is 4.79 Å². The van der Waals surface area contributed by atoms with E-state index < -0.39 is 0 Å². The summed E-state index contributed by atoms with van der Waals surface area (Å²) >= 11 is 0. The van der Waals surface area contributed by atoms with Gasteiger partial charge in [-0.15, -0.1) is 0 Å². The quantitative estimate of drug-likeness (QED) is 0.875. The van der Waals surface area contributed by atoms with Crippen LogP contribution in [0.5, 0.6) is 0 Å². The van der Waals surface area contributed by atoms with E-state index in [1.807, 2.05) is 30.3 Å². The van der Waals surface area contributed by atoms with Crippen LogP contribution < -0.4 is 10.6 Å².